The minimum Gasteiger partial charge on any atom is -0.383 e. The van der Waals surface area contributed by atoms with Gasteiger partial charge in [0, 0.05) is 47.9 Å². The van der Waals surface area contributed by atoms with Crippen LogP contribution in [0.1, 0.15) is 38.6 Å². The summed E-state index contributed by atoms with van der Waals surface area (Å²) in [7, 11) is 1.61. The number of thiophene rings is 1. The van der Waals surface area contributed by atoms with Crippen LogP contribution in [0, 0.1) is 6.92 Å². The highest BCUT2D eigenvalue weighted by molar-refractivity contribution is 7.10. The predicted molar refractivity (Wildman–Crippen MR) is 136 cm³/mol. The van der Waals surface area contributed by atoms with Crippen LogP contribution >= 0.6 is 11.3 Å². The van der Waals surface area contributed by atoms with Crippen LogP contribution in [-0.2, 0) is 9.53 Å². The molecule has 2 aromatic carbocycles. The van der Waals surface area contributed by atoms with E-state index in [1.54, 1.807) is 35.6 Å². The van der Waals surface area contributed by atoms with Gasteiger partial charge in [0.25, 0.3) is 5.91 Å². The van der Waals surface area contributed by atoms with Gasteiger partial charge < -0.3 is 19.5 Å². The molecular weight excluding hydrogens is 460 g/mol. The number of carbonyl (C=O) groups excluding carboxylic acids is 2. The molecule has 178 valence electrons. The second-order valence-corrected chi connectivity index (χ2v) is 9.38. The van der Waals surface area contributed by atoms with Gasteiger partial charge in [0.1, 0.15) is 5.82 Å². The van der Waals surface area contributed by atoms with Gasteiger partial charge in [-0.25, -0.2) is 4.98 Å². The van der Waals surface area contributed by atoms with E-state index in [2.05, 4.69) is 10.3 Å². The van der Waals surface area contributed by atoms with Crippen molar-refractivity contribution in [1.29, 1.82) is 0 Å². The highest BCUT2D eigenvalue weighted by atomic mass is 32.1. The first kappa shape index (κ1) is 23.0. The van der Waals surface area contributed by atoms with E-state index in [0.717, 1.165) is 22.0 Å². The number of ether oxygens (including phenoxy) is 1. The van der Waals surface area contributed by atoms with Crippen LogP contribution in [0.5, 0.6) is 0 Å². The summed E-state index contributed by atoms with van der Waals surface area (Å²) in [6.07, 6.45) is 3.66. The zero-order chi connectivity index (χ0) is 24.4. The zero-order valence-corrected chi connectivity index (χ0v) is 20.4. The van der Waals surface area contributed by atoms with Crippen molar-refractivity contribution in [2.24, 2.45) is 0 Å². The first-order chi connectivity index (χ1) is 17.1. The van der Waals surface area contributed by atoms with Crippen molar-refractivity contribution in [3.8, 4) is 5.69 Å². The number of fused-ring (bicyclic) bond motifs is 1. The van der Waals surface area contributed by atoms with E-state index >= 15 is 0 Å². The van der Waals surface area contributed by atoms with E-state index in [-0.39, 0.29) is 11.8 Å². The van der Waals surface area contributed by atoms with Gasteiger partial charge >= 0.3 is 0 Å². The Hall–Kier alpha value is -3.75. The van der Waals surface area contributed by atoms with Crippen LogP contribution in [0.3, 0.4) is 0 Å². The molecule has 2 unspecified atom stereocenters. The molecule has 8 heteroatoms. The Labute approximate surface area is 208 Å². The third kappa shape index (κ3) is 4.38. The molecule has 7 nitrogen and oxygen atoms in total. The lowest BCUT2D eigenvalue weighted by atomic mass is 9.81. The second-order valence-electron chi connectivity index (χ2n) is 8.40. The number of aryl methyl sites for hydroxylation is 1. The molecular formula is C27H26N4O3S. The Kier molecular flexibility index (Phi) is 6.48. The maximum Gasteiger partial charge on any atom is 0.254 e. The van der Waals surface area contributed by atoms with Crippen LogP contribution in [0.4, 0.5) is 5.69 Å². The number of anilines is 1. The molecule has 1 aliphatic heterocycles. The molecule has 1 aliphatic rings. The van der Waals surface area contributed by atoms with E-state index < -0.39 is 12.0 Å². The van der Waals surface area contributed by atoms with Gasteiger partial charge in [-0.15, -0.1) is 11.3 Å². The van der Waals surface area contributed by atoms with Crippen molar-refractivity contribution in [3.63, 3.8) is 0 Å². The molecule has 0 aliphatic carbocycles. The normalized spacial score (nSPS) is 17.3. The van der Waals surface area contributed by atoms with Gasteiger partial charge in [-0.1, -0.05) is 24.3 Å². The van der Waals surface area contributed by atoms with Crippen molar-refractivity contribution < 1.29 is 14.3 Å². The second kappa shape index (κ2) is 9.85. The SMILES string of the molecule is COCCN1C(=O)c2ccccc2C(C(=O)Nc2ccc(-n3ccnc3C)cc2)C1c1cccs1. The van der Waals surface area contributed by atoms with Crippen molar-refractivity contribution >= 4 is 28.8 Å². The smallest absolute Gasteiger partial charge is 0.254 e. The molecule has 2 amide bonds. The summed E-state index contributed by atoms with van der Waals surface area (Å²) in [4.78, 5) is 34.3. The fourth-order valence-electron chi connectivity index (χ4n) is 4.66. The Morgan fingerprint density at radius 2 is 1.91 bits per heavy atom. The molecule has 5 rings (SSSR count). The van der Waals surface area contributed by atoms with Crippen LogP contribution in [0.15, 0.2) is 78.4 Å². The molecule has 2 atom stereocenters. The van der Waals surface area contributed by atoms with Crippen molar-refractivity contribution in [2.45, 2.75) is 18.9 Å². The number of hydrogen-bond donors (Lipinski definition) is 1. The van der Waals surface area contributed by atoms with Crippen molar-refractivity contribution in [3.05, 3.63) is 100 Å². The third-order valence-electron chi connectivity index (χ3n) is 6.33. The average Bonchev–Trinajstić information content (AvgIpc) is 3.56. The average molecular weight is 487 g/mol. The fourth-order valence-corrected chi connectivity index (χ4v) is 5.54. The Morgan fingerprint density at radius 3 is 2.60 bits per heavy atom. The summed E-state index contributed by atoms with van der Waals surface area (Å²) in [5, 5.41) is 5.07. The number of amides is 2. The summed E-state index contributed by atoms with van der Waals surface area (Å²) >= 11 is 1.55. The number of imidazole rings is 1. The number of benzene rings is 2. The fraction of sp³-hybridized carbons (Fsp3) is 0.222. The predicted octanol–water partition coefficient (Wildman–Crippen LogP) is 4.81. The Bertz CT molecular complexity index is 1330. The van der Waals surface area contributed by atoms with Crippen molar-refractivity contribution in [2.75, 3.05) is 25.6 Å². The number of aromatic nitrogens is 2. The number of rotatable bonds is 7. The number of nitrogens with zero attached hydrogens (tertiary/aromatic N) is 3. The molecule has 0 saturated heterocycles. The van der Waals surface area contributed by atoms with Gasteiger partial charge in [-0.05, 0) is 54.3 Å². The molecule has 0 radical (unpaired) electrons. The van der Waals surface area contributed by atoms with Gasteiger partial charge in [0.2, 0.25) is 5.91 Å². The number of carbonyl (C=O) groups is 2. The van der Waals surface area contributed by atoms with Crippen LogP contribution in [-0.4, -0.2) is 46.5 Å². The molecule has 4 aromatic rings. The molecule has 3 heterocycles. The van der Waals surface area contributed by atoms with Crippen LogP contribution < -0.4 is 5.32 Å². The molecule has 0 bridgehead atoms. The van der Waals surface area contributed by atoms with E-state index in [9.17, 15) is 9.59 Å². The number of methoxy groups -OCH3 is 1. The first-order valence-corrected chi connectivity index (χ1v) is 12.3. The lowest BCUT2D eigenvalue weighted by Gasteiger charge is -2.41. The molecule has 0 fully saturated rings. The highest BCUT2D eigenvalue weighted by Gasteiger charge is 2.44. The Balaban J connectivity index is 1.50. The Morgan fingerprint density at radius 1 is 1.11 bits per heavy atom. The van der Waals surface area contributed by atoms with Gasteiger partial charge in [0.15, 0.2) is 0 Å². The lowest BCUT2D eigenvalue weighted by molar-refractivity contribution is -0.119. The van der Waals surface area contributed by atoms with E-state index in [4.69, 9.17) is 4.74 Å². The highest BCUT2D eigenvalue weighted by Crippen LogP contribution is 2.44. The molecule has 1 N–H and O–H groups in total. The van der Waals surface area contributed by atoms with E-state index in [0.29, 0.717) is 24.4 Å². The van der Waals surface area contributed by atoms with Crippen LogP contribution in [0.2, 0.25) is 0 Å². The van der Waals surface area contributed by atoms with E-state index in [1.165, 1.54) is 0 Å². The molecule has 0 spiro atoms. The third-order valence-corrected chi connectivity index (χ3v) is 7.27. The largest absolute Gasteiger partial charge is 0.383 e. The number of hydrogen-bond acceptors (Lipinski definition) is 5. The zero-order valence-electron chi connectivity index (χ0n) is 19.5. The standard InChI is InChI=1S/C27H26N4O3S/c1-18-28-13-14-30(18)20-11-9-19(10-12-20)29-26(32)24-21-6-3-4-7-22(21)27(33)31(15-16-34-2)25(24)23-8-5-17-35-23/h3-14,17,24-25H,15-16H2,1-2H3,(H,29,32). The monoisotopic (exact) mass is 486 g/mol. The van der Waals surface area contributed by atoms with Crippen LogP contribution in [0.25, 0.3) is 5.69 Å². The molecule has 0 saturated carbocycles. The summed E-state index contributed by atoms with van der Waals surface area (Å²) < 4.78 is 7.27. The minimum atomic E-state index is -0.560. The topological polar surface area (TPSA) is 76.5 Å². The molecule has 2 aromatic heterocycles. The molecule has 35 heavy (non-hydrogen) atoms. The van der Waals surface area contributed by atoms with Gasteiger partial charge in [-0.2, -0.15) is 0 Å². The van der Waals surface area contributed by atoms with Gasteiger partial charge in [0.05, 0.1) is 18.6 Å². The maximum absolute atomic E-state index is 13.8. The summed E-state index contributed by atoms with van der Waals surface area (Å²) in [6, 6.07) is 18.6. The lowest BCUT2D eigenvalue weighted by Crippen LogP contribution is -2.47. The van der Waals surface area contributed by atoms with E-state index in [1.807, 2.05) is 77.7 Å². The van der Waals surface area contributed by atoms with Crippen molar-refractivity contribution in [1.82, 2.24) is 14.5 Å². The quantitative estimate of drug-likeness (QED) is 0.407. The first-order valence-electron chi connectivity index (χ1n) is 11.4. The number of nitrogens with one attached hydrogen (secondary N) is 1. The van der Waals surface area contributed by atoms with Gasteiger partial charge in [-0.3, -0.25) is 9.59 Å². The minimum absolute atomic E-state index is 0.0832. The summed E-state index contributed by atoms with van der Waals surface area (Å²) in [5.74, 6) is 0.0904. The maximum atomic E-state index is 13.8. The summed E-state index contributed by atoms with van der Waals surface area (Å²) in [5.41, 5.74) is 2.96. The summed E-state index contributed by atoms with van der Waals surface area (Å²) in [6.45, 7) is 2.73.